The monoisotopic (exact) mass is 337 g/mol. The smallest absolute Gasteiger partial charge is 0.230 e. The maximum Gasteiger partial charge on any atom is 0.230 e. The number of hydrogen-bond donors (Lipinski definition) is 2. The number of aryl methyl sites for hydroxylation is 1. The van der Waals surface area contributed by atoms with E-state index in [1.54, 1.807) is 0 Å². The molecule has 1 aliphatic carbocycles. The van der Waals surface area contributed by atoms with Gasteiger partial charge in [0, 0.05) is 39.3 Å². The van der Waals surface area contributed by atoms with Gasteiger partial charge < -0.3 is 10.6 Å². The van der Waals surface area contributed by atoms with E-state index in [2.05, 4.69) is 46.7 Å². The molecule has 1 saturated heterocycles. The van der Waals surface area contributed by atoms with Gasteiger partial charge >= 0.3 is 0 Å². The highest BCUT2D eigenvalue weighted by molar-refractivity contribution is 5.88. The van der Waals surface area contributed by atoms with Crippen molar-refractivity contribution in [3.05, 3.63) is 35.4 Å². The molecule has 0 saturated carbocycles. The van der Waals surface area contributed by atoms with Crippen molar-refractivity contribution in [2.45, 2.75) is 31.6 Å². The molecular weight excluding hydrogens is 310 g/mol. The summed E-state index contributed by atoms with van der Waals surface area (Å²) >= 11 is 0. The second kappa shape index (κ2) is 8.13. The Kier molecular flexibility index (Phi) is 6.45. The topological polar surface area (TPSA) is 44.4 Å². The van der Waals surface area contributed by atoms with Crippen LogP contribution in [0.25, 0.3) is 0 Å². The Hall–Kier alpha value is -1.10. The van der Waals surface area contributed by atoms with Crippen molar-refractivity contribution >= 4 is 18.3 Å². The van der Waals surface area contributed by atoms with E-state index in [0.29, 0.717) is 0 Å². The third-order valence-corrected chi connectivity index (χ3v) is 5.16. The number of carbonyl (C=O) groups is 1. The first-order valence-corrected chi connectivity index (χ1v) is 8.50. The molecule has 128 valence electrons. The van der Waals surface area contributed by atoms with Crippen molar-refractivity contribution in [2.75, 3.05) is 39.3 Å². The lowest BCUT2D eigenvalue weighted by molar-refractivity contribution is -0.126. The van der Waals surface area contributed by atoms with Crippen molar-refractivity contribution in [3.8, 4) is 0 Å². The van der Waals surface area contributed by atoms with Gasteiger partial charge in [-0.1, -0.05) is 24.3 Å². The predicted octanol–water partition coefficient (Wildman–Crippen LogP) is 1.72. The summed E-state index contributed by atoms with van der Waals surface area (Å²) in [6, 6.07) is 8.43. The van der Waals surface area contributed by atoms with Crippen LogP contribution in [0.2, 0.25) is 0 Å². The number of nitrogens with one attached hydrogen (secondary N) is 2. The van der Waals surface area contributed by atoms with Gasteiger partial charge in [0.05, 0.1) is 5.41 Å². The Morgan fingerprint density at radius 2 is 2.04 bits per heavy atom. The van der Waals surface area contributed by atoms with Gasteiger partial charge in [0.25, 0.3) is 0 Å². The molecule has 1 heterocycles. The van der Waals surface area contributed by atoms with E-state index in [1.807, 2.05) is 0 Å². The molecule has 1 aromatic carbocycles. The minimum atomic E-state index is -0.363. The normalized spacial score (nSPS) is 24.4. The van der Waals surface area contributed by atoms with Crippen LogP contribution in [0.3, 0.4) is 0 Å². The second-order valence-corrected chi connectivity index (χ2v) is 6.69. The molecule has 23 heavy (non-hydrogen) atoms. The molecule has 0 bridgehead atoms. The van der Waals surface area contributed by atoms with Crippen molar-refractivity contribution in [1.82, 2.24) is 15.5 Å². The van der Waals surface area contributed by atoms with Crippen molar-refractivity contribution in [3.63, 3.8) is 0 Å². The molecule has 3 rings (SSSR count). The lowest BCUT2D eigenvalue weighted by Crippen LogP contribution is -2.49. The third-order valence-electron chi connectivity index (χ3n) is 5.16. The molecule has 4 nitrogen and oxygen atoms in total. The first-order chi connectivity index (χ1) is 10.7. The lowest BCUT2D eigenvalue weighted by atomic mass is 9.70. The Morgan fingerprint density at radius 1 is 1.30 bits per heavy atom. The van der Waals surface area contributed by atoms with Crippen LogP contribution in [0.15, 0.2) is 24.3 Å². The van der Waals surface area contributed by atoms with Crippen molar-refractivity contribution < 1.29 is 4.79 Å². The number of fused-ring (bicyclic) bond motifs is 1. The largest absolute Gasteiger partial charge is 0.354 e. The molecule has 1 unspecified atom stereocenters. The fraction of sp³-hybridized carbons (Fsp3) is 0.611. The quantitative estimate of drug-likeness (QED) is 0.879. The van der Waals surface area contributed by atoms with Gasteiger partial charge in [-0.3, -0.25) is 9.69 Å². The van der Waals surface area contributed by atoms with Gasteiger partial charge in [-0.2, -0.15) is 0 Å². The summed E-state index contributed by atoms with van der Waals surface area (Å²) < 4.78 is 0. The zero-order valence-electron chi connectivity index (χ0n) is 13.9. The number of benzene rings is 1. The summed E-state index contributed by atoms with van der Waals surface area (Å²) in [7, 11) is 0. The zero-order chi connectivity index (χ0) is 15.4. The van der Waals surface area contributed by atoms with Crippen LogP contribution in [0.4, 0.5) is 0 Å². The maximum atomic E-state index is 12.8. The van der Waals surface area contributed by atoms with E-state index in [4.69, 9.17) is 0 Å². The van der Waals surface area contributed by atoms with E-state index in [9.17, 15) is 4.79 Å². The SMILES string of the molecule is CC1(C(=O)NCCN2CCNCC2)CCCc2ccccc21.Cl. The molecule has 2 N–H and O–H groups in total. The van der Waals surface area contributed by atoms with Gasteiger partial charge in [-0.25, -0.2) is 0 Å². The Balaban J connectivity index is 0.00000192. The van der Waals surface area contributed by atoms with E-state index < -0.39 is 0 Å². The van der Waals surface area contributed by atoms with Crippen LogP contribution in [0, 0.1) is 0 Å². The van der Waals surface area contributed by atoms with Crippen molar-refractivity contribution in [1.29, 1.82) is 0 Å². The number of halogens is 1. The Bertz CT molecular complexity index is 531. The predicted molar refractivity (Wildman–Crippen MR) is 96.3 cm³/mol. The lowest BCUT2D eigenvalue weighted by Gasteiger charge is -2.35. The average molecular weight is 338 g/mol. The van der Waals surface area contributed by atoms with Gasteiger partial charge in [-0.15, -0.1) is 12.4 Å². The Morgan fingerprint density at radius 3 is 2.83 bits per heavy atom. The van der Waals surface area contributed by atoms with Crippen LogP contribution in [0.5, 0.6) is 0 Å². The zero-order valence-corrected chi connectivity index (χ0v) is 14.8. The molecule has 1 amide bonds. The molecule has 1 aliphatic heterocycles. The molecule has 5 heteroatoms. The number of hydrogen-bond acceptors (Lipinski definition) is 3. The third kappa shape index (κ3) is 4.06. The van der Waals surface area contributed by atoms with Crippen LogP contribution >= 0.6 is 12.4 Å². The van der Waals surface area contributed by atoms with E-state index >= 15 is 0 Å². The second-order valence-electron chi connectivity index (χ2n) is 6.69. The molecule has 1 atom stereocenters. The fourth-order valence-electron chi connectivity index (χ4n) is 3.74. The summed E-state index contributed by atoms with van der Waals surface area (Å²) in [4.78, 5) is 15.2. The maximum absolute atomic E-state index is 12.8. The molecular formula is C18H28ClN3O. The highest BCUT2D eigenvalue weighted by Gasteiger charge is 2.38. The van der Waals surface area contributed by atoms with E-state index in [1.165, 1.54) is 11.1 Å². The van der Waals surface area contributed by atoms with E-state index in [-0.39, 0.29) is 23.7 Å². The van der Waals surface area contributed by atoms with Gasteiger partial charge in [0.2, 0.25) is 5.91 Å². The number of amides is 1. The van der Waals surface area contributed by atoms with Crippen LogP contribution in [0.1, 0.15) is 30.9 Å². The highest BCUT2D eigenvalue weighted by Crippen LogP contribution is 2.37. The first-order valence-electron chi connectivity index (χ1n) is 8.50. The standard InChI is InChI=1S/C18H27N3O.ClH/c1-18(8-4-6-15-5-2-3-7-16(15)18)17(22)20-11-14-21-12-9-19-10-13-21;/h2-3,5,7,19H,4,6,8-14H2,1H3,(H,20,22);1H. The van der Waals surface area contributed by atoms with Crippen LogP contribution in [-0.2, 0) is 16.6 Å². The summed E-state index contributed by atoms with van der Waals surface area (Å²) in [6.45, 7) is 8.07. The van der Waals surface area contributed by atoms with Gasteiger partial charge in [0.1, 0.15) is 0 Å². The molecule has 1 fully saturated rings. The molecule has 1 aromatic rings. The van der Waals surface area contributed by atoms with Gasteiger partial charge in [-0.05, 0) is 37.3 Å². The minimum absolute atomic E-state index is 0. The van der Waals surface area contributed by atoms with Crippen LogP contribution in [-0.4, -0.2) is 50.1 Å². The number of piperazine rings is 1. The molecule has 0 spiro atoms. The molecule has 0 radical (unpaired) electrons. The molecule has 0 aromatic heterocycles. The highest BCUT2D eigenvalue weighted by atomic mass is 35.5. The number of carbonyl (C=O) groups excluding carboxylic acids is 1. The summed E-state index contributed by atoms with van der Waals surface area (Å²) in [5, 5.41) is 6.53. The number of rotatable bonds is 4. The summed E-state index contributed by atoms with van der Waals surface area (Å²) in [5.41, 5.74) is 2.20. The van der Waals surface area contributed by atoms with Gasteiger partial charge in [0.15, 0.2) is 0 Å². The summed E-state index contributed by atoms with van der Waals surface area (Å²) in [6.07, 6.45) is 3.14. The van der Waals surface area contributed by atoms with E-state index in [0.717, 1.165) is 58.5 Å². The van der Waals surface area contributed by atoms with Crippen molar-refractivity contribution in [2.24, 2.45) is 0 Å². The average Bonchev–Trinajstić information content (AvgIpc) is 2.56. The minimum Gasteiger partial charge on any atom is -0.354 e. The van der Waals surface area contributed by atoms with Crippen LogP contribution < -0.4 is 10.6 Å². The fourth-order valence-corrected chi connectivity index (χ4v) is 3.74. The number of nitrogens with zero attached hydrogens (tertiary/aromatic N) is 1. The molecule has 2 aliphatic rings. The Labute approximate surface area is 145 Å². The first kappa shape index (κ1) is 18.2. The summed E-state index contributed by atoms with van der Waals surface area (Å²) in [5.74, 6) is 0.190.